The summed E-state index contributed by atoms with van der Waals surface area (Å²) in [6.45, 7) is 1.59. The minimum atomic E-state index is -1.02. The fourth-order valence-corrected chi connectivity index (χ4v) is 1.75. The number of benzene rings is 1. The van der Waals surface area contributed by atoms with Gasteiger partial charge >= 0.3 is 12.0 Å². The Bertz CT molecular complexity index is 526. The summed E-state index contributed by atoms with van der Waals surface area (Å²) < 4.78 is 26.4. The quantitative estimate of drug-likeness (QED) is 0.714. The van der Waals surface area contributed by atoms with Gasteiger partial charge in [-0.1, -0.05) is 6.92 Å². The molecular weight excluding hydrogens is 338 g/mol. The molecule has 0 aliphatic carbocycles. The van der Waals surface area contributed by atoms with Crippen LogP contribution in [0.3, 0.4) is 0 Å². The van der Waals surface area contributed by atoms with E-state index in [2.05, 4.69) is 26.6 Å². The van der Waals surface area contributed by atoms with Gasteiger partial charge in [0.2, 0.25) is 0 Å². The molecule has 110 valence electrons. The summed E-state index contributed by atoms with van der Waals surface area (Å²) in [5.74, 6) is -3.45. The summed E-state index contributed by atoms with van der Waals surface area (Å²) in [6, 6.07) is 0.951. The topological polar surface area (TPSA) is 78.4 Å². The first-order valence-electron chi connectivity index (χ1n) is 5.77. The van der Waals surface area contributed by atoms with Crippen molar-refractivity contribution >= 4 is 33.6 Å². The number of hydrogen-bond donors (Lipinski definition) is 3. The molecule has 0 saturated carbocycles. The summed E-state index contributed by atoms with van der Waals surface area (Å²) in [5, 5.41) is 13.3. The van der Waals surface area contributed by atoms with Gasteiger partial charge in [0.05, 0.1) is 16.1 Å². The smallest absolute Gasteiger partial charge is 0.319 e. The number of halogens is 3. The van der Waals surface area contributed by atoms with Crippen LogP contribution in [0.2, 0.25) is 0 Å². The Morgan fingerprint density at radius 1 is 1.35 bits per heavy atom. The van der Waals surface area contributed by atoms with Crippen LogP contribution in [0.15, 0.2) is 16.6 Å². The lowest BCUT2D eigenvalue weighted by Gasteiger charge is -2.12. The molecule has 0 spiro atoms. The number of carbonyl (C=O) groups excluding carboxylic acids is 1. The lowest BCUT2D eigenvalue weighted by molar-refractivity contribution is -0.141. The normalized spacial score (nSPS) is 11.8. The Hall–Kier alpha value is -1.70. The van der Waals surface area contributed by atoms with E-state index in [-0.39, 0.29) is 16.7 Å². The fourth-order valence-electron chi connectivity index (χ4n) is 1.41. The van der Waals surface area contributed by atoms with Crippen LogP contribution in [0, 0.1) is 17.6 Å². The van der Waals surface area contributed by atoms with Crippen LogP contribution in [-0.4, -0.2) is 23.7 Å². The predicted molar refractivity (Wildman–Crippen MR) is 72.5 cm³/mol. The second-order valence-electron chi connectivity index (χ2n) is 4.02. The number of carboxylic acid groups (broad SMARTS) is 1. The highest BCUT2D eigenvalue weighted by Crippen LogP contribution is 2.23. The molecule has 8 heteroatoms. The highest BCUT2D eigenvalue weighted by atomic mass is 79.9. The number of carboxylic acids is 1. The first kappa shape index (κ1) is 16.4. The number of aliphatic carboxylic acids is 1. The molecule has 0 aliphatic rings. The van der Waals surface area contributed by atoms with Gasteiger partial charge in [0.25, 0.3) is 0 Å². The van der Waals surface area contributed by atoms with Gasteiger partial charge in [-0.05, 0) is 28.4 Å². The molecule has 1 unspecified atom stereocenters. The molecule has 0 aliphatic heterocycles. The Balaban J connectivity index is 2.63. The van der Waals surface area contributed by atoms with E-state index < -0.39 is 29.6 Å². The SMILES string of the molecule is CCC(CNC(=O)Nc1cc(Br)c(F)cc1F)C(=O)O. The lowest BCUT2D eigenvalue weighted by atomic mass is 10.1. The minimum Gasteiger partial charge on any atom is -0.481 e. The lowest BCUT2D eigenvalue weighted by Crippen LogP contribution is -2.35. The van der Waals surface area contributed by atoms with Gasteiger partial charge in [0.15, 0.2) is 0 Å². The number of anilines is 1. The first-order valence-corrected chi connectivity index (χ1v) is 6.56. The van der Waals surface area contributed by atoms with Gasteiger partial charge < -0.3 is 15.7 Å². The van der Waals surface area contributed by atoms with E-state index in [9.17, 15) is 18.4 Å². The molecule has 0 radical (unpaired) electrons. The average molecular weight is 351 g/mol. The molecule has 3 N–H and O–H groups in total. The molecule has 2 amide bonds. The summed E-state index contributed by atoms with van der Waals surface area (Å²) >= 11 is 2.87. The Kier molecular flexibility index (Phi) is 5.87. The van der Waals surface area contributed by atoms with Crippen molar-refractivity contribution in [1.82, 2.24) is 5.32 Å². The summed E-state index contributed by atoms with van der Waals surface area (Å²) in [5.41, 5.74) is -0.209. The Morgan fingerprint density at radius 2 is 2.00 bits per heavy atom. The molecule has 1 rings (SSSR count). The Labute approximate surface area is 122 Å². The van der Waals surface area contributed by atoms with Crippen LogP contribution >= 0.6 is 15.9 Å². The summed E-state index contributed by atoms with van der Waals surface area (Å²) in [6.07, 6.45) is 0.353. The summed E-state index contributed by atoms with van der Waals surface area (Å²) in [7, 11) is 0. The second kappa shape index (κ2) is 7.18. The van der Waals surface area contributed by atoms with Crippen LogP contribution < -0.4 is 10.6 Å². The predicted octanol–water partition coefficient (Wildman–Crippen LogP) is 2.96. The molecule has 0 fully saturated rings. The number of hydrogen-bond acceptors (Lipinski definition) is 2. The van der Waals surface area contributed by atoms with Crippen LogP contribution in [-0.2, 0) is 4.79 Å². The monoisotopic (exact) mass is 350 g/mol. The minimum absolute atomic E-state index is 0.00571. The molecule has 20 heavy (non-hydrogen) atoms. The summed E-state index contributed by atoms with van der Waals surface area (Å²) in [4.78, 5) is 22.3. The second-order valence-corrected chi connectivity index (χ2v) is 4.88. The van der Waals surface area contributed by atoms with Gasteiger partial charge in [-0.25, -0.2) is 13.6 Å². The molecular formula is C12H13BrF2N2O3. The molecule has 1 atom stereocenters. The zero-order chi connectivity index (χ0) is 15.3. The molecule has 0 saturated heterocycles. The van der Waals surface area contributed by atoms with Gasteiger partial charge in [0, 0.05) is 12.6 Å². The number of urea groups is 1. The zero-order valence-electron chi connectivity index (χ0n) is 10.5. The molecule has 5 nitrogen and oxygen atoms in total. The van der Waals surface area contributed by atoms with E-state index in [1.165, 1.54) is 0 Å². The van der Waals surface area contributed by atoms with E-state index in [4.69, 9.17) is 5.11 Å². The highest BCUT2D eigenvalue weighted by molar-refractivity contribution is 9.10. The van der Waals surface area contributed by atoms with E-state index in [0.29, 0.717) is 12.5 Å². The number of rotatable bonds is 5. The maximum atomic E-state index is 13.4. The average Bonchev–Trinajstić information content (AvgIpc) is 2.36. The van der Waals surface area contributed by atoms with Crippen molar-refractivity contribution in [2.24, 2.45) is 5.92 Å². The van der Waals surface area contributed by atoms with Crippen molar-refractivity contribution in [1.29, 1.82) is 0 Å². The van der Waals surface area contributed by atoms with Crippen molar-refractivity contribution in [2.45, 2.75) is 13.3 Å². The molecule has 1 aromatic carbocycles. The third-order valence-electron chi connectivity index (χ3n) is 2.61. The fraction of sp³-hybridized carbons (Fsp3) is 0.333. The van der Waals surface area contributed by atoms with Gasteiger partial charge in [0.1, 0.15) is 11.6 Å². The van der Waals surface area contributed by atoms with E-state index in [1.54, 1.807) is 6.92 Å². The molecule has 1 aromatic rings. The largest absolute Gasteiger partial charge is 0.481 e. The van der Waals surface area contributed by atoms with Crippen molar-refractivity contribution in [2.75, 3.05) is 11.9 Å². The van der Waals surface area contributed by atoms with Crippen molar-refractivity contribution < 1.29 is 23.5 Å². The van der Waals surface area contributed by atoms with Crippen molar-refractivity contribution in [3.63, 3.8) is 0 Å². The molecule has 0 bridgehead atoms. The molecule has 0 aromatic heterocycles. The first-order chi connectivity index (χ1) is 9.35. The van der Waals surface area contributed by atoms with Crippen LogP contribution in [0.5, 0.6) is 0 Å². The Morgan fingerprint density at radius 3 is 2.55 bits per heavy atom. The maximum absolute atomic E-state index is 13.4. The number of carbonyl (C=O) groups is 2. The van der Waals surface area contributed by atoms with E-state index >= 15 is 0 Å². The van der Waals surface area contributed by atoms with E-state index in [0.717, 1.165) is 6.07 Å². The zero-order valence-corrected chi connectivity index (χ0v) is 12.1. The number of nitrogens with one attached hydrogen (secondary N) is 2. The van der Waals surface area contributed by atoms with Gasteiger partial charge in [-0.15, -0.1) is 0 Å². The van der Waals surface area contributed by atoms with E-state index in [1.807, 2.05) is 0 Å². The van der Waals surface area contributed by atoms with Gasteiger partial charge in [-0.3, -0.25) is 4.79 Å². The van der Waals surface area contributed by atoms with Crippen LogP contribution in [0.1, 0.15) is 13.3 Å². The van der Waals surface area contributed by atoms with Crippen molar-refractivity contribution in [3.05, 3.63) is 28.2 Å². The van der Waals surface area contributed by atoms with Gasteiger partial charge in [-0.2, -0.15) is 0 Å². The van der Waals surface area contributed by atoms with Crippen molar-refractivity contribution in [3.8, 4) is 0 Å². The highest BCUT2D eigenvalue weighted by Gasteiger charge is 2.16. The maximum Gasteiger partial charge on any atom is 0.319 e. The molecule has 0 heterocycles. The van der Waals surface area contributed by atoms with Crippen LogP contribution in [0.4, 0.5) is 19.3 Å². The third kappa shape index (κ3) is 4.44. The van der Waals surface area contributed by atoms with Crippen LogP contribution in [0.25, 0.3) is 0 Å². The number of amides is 2. The standard InChI is InChI=1S/C12H13BrF2N2O3/c1-2-6(11(18)19)5-16-12(20)17-10-3-7(13)8(14)4-9(10)15/h3-4,6H,2,5H2,1H3,(H,18,19)(H2,16,17,20). The third-order valence-corrected chi connectivity index (χ3v) is 3.22.